The number of aromatic nitrogens is 1. The summed E-state index contributed by atoms with van der Waals surface area (Å²) in [6.07, 6.45) is 7.93. The molecule has 7 heteroatoms. The van der Waals surface area contributed by atoms with Crippen molar-refractivity contribution in [2.75, 3.05) is 26.0 Å². The highest BCUT2D eigenvalue weighted by atomic mass is 35.5. The van der Waals surface area contributed by atoms with Crippen LogP contribution in [0.4, 0.5) is 5.69 Å². The molecule has 3 aromatic rings. The quantitative estimate of drug-likeness (QED) is 0.183. The molecule has 0 radical (unpaired) electrons. The highest BCUT2D eigenvalue weighted by Gasteiger charge is 2.30. The van der Waals surface area contributed by atoms with Crippen molar-refractivity contribution in [1.82, 2.24) is 9.88 Å². The van der Waals surface area contributed by atoms with Gasteiger partial charge in [-0.1, -0.05) is 41.7 Å². The molecule has 0 unspecified atom stereocenters. The number of rotatable bonds is 7. The summed E-state index contributed by atoms with van der Waals surface area (Å²) in [7, 11) is 4.31. The summed E-state index contributed by atoms with van der Waals surface area (Å²) in [5.41, 5.74) is 2.89. The number of unbranched alkanes of at least 4 members (excludes halogenated alkanes) is 1. The molecule has 32 heavy (non-hydrogen) atoms. The molecule has 0 amide bonds. The van der Waals surface area contributed by atoms with Crippen molar-refractivity contribution in [3.63, 3.8) is 0 Å². The first-order chi connectivity index (χ1) is 15.6. The monoisotopic (exact) mass is 485 g/mol. The standard InChI is InChI=1S/C25H28ClN3OS2/c1-29(2)21-12-6-5-10-18(21)24-19(11-4-3-7-13-30)23-25(32-24)20(15-22(26)28-23)27-16-17-9-8-14-31-17/h5-6,8-9,14-15,18,21,30H,3,7,10,12-13,16H2,1-2H3,(H,27,28)/t18-,21-/m1/s1. The van der Waals surface area contributed by atoms with E-state index in [9.17, 15) is 0 Å². The van der Waals surface area contributed by atoms with Crippen LogP contribution in [0.3, 0.4) is 0 Å². The van der Waals surface area contributed by atoms with Crippen LogP contribution in [0.25, 0.3) is 10.2 Å². The second-order valence-corrected chi connectivity index (χ2v) is 10.6. The number of hydrogen-bond acceptors (Lipinski definition) is 6. The zero-order valence-electron chi connectivity index (χ0n) is 18.4. The Balaban J connectivity index is 1.80. The predicted molar refractivity (Wildman–Crippen MR) is 138 cm³/mol. The second kappa shape index (κ2) is 10.8. The first-order valence-electron chi connectivity index (χ1n) is 10.9. The number of fused-ring (bicyclic) bond motifs is 1. The Hall–Kier alpha value is -1.88. The number of aliphatic hydroxyl groups excluding tert-OH is 1. The Bertz CT molecular complexity index is 1140. The normalized spacial score (nSPS) is 18.2. The molecule has 3 aromatic heterocycles. The Labute approximate surface area is 202 Å². The Kier molecular flexibility index (Phi) is 7.88. The third kappa shape index (κ3) is 5.19. The minimum Gasteiger partial charge on any atom is -0.396 e. The van der Waals surface area contributed by atoms with Crippen LogP contribution in [0, 0.1) is 11.8 Å². The fourth-order valence-corrected chi connectivity index (χ4v) is 6.33. The van der Waals surface area contributed by atoms with E-state index in [2.05, 4.69) is 65.8 Å². The Morgan fingerprint density at radius 3 is 2.91 bits per heavy atom. The summed E-state index contributed by atoms with van der Waals surface area (Å²) >= 11 is 10.0. The first kappa shape index (κ1) is 23.3. The van der Waals surface area contributed by atoms with Gasteiger partial charge in [-0.25, -0.2) is 4.98 Å². The van der Waals surface area contributed by atoms with Crippen molar-refractivity contribution in [2.24, 2.45) is 0 Å². The number of halogens is 1. The number of aliphatic hydroxyl groups is 1. The van der Waals surface area contributed by atoms with Gasteiger partial charge in [0, 0.05) is 47.4 Å². The van der Waals surface area contributed by atoms with Crippen LogP contribution in [-0.2, 0) is 6.54 Å². The van der Waals surface area contributed by atoms with Crippen molar-refractivity contribution < 1.29 is 5.11 Å². The highest BCUT2D eigenvalue weighted by Crippen LogP contribution is 2.44. The molecule has 4 rings (SSSR count). The number of nitrogens with zero attached hydrogens (tertiary/aromatic N) is 2. The van der Waals surface area contributed by atoms with Crippen LogP contribution in [0.15, 0.2) is 35.7 Å². The summed E-state index contributed by atoms with van der Waals surface area (Å²) < 4.78 is 1.11. The number of likely N-dealkylation sites (N-methyl/N-ethyl adjacent to an activating group) is 1. The zero-order chi connectivity index (χ0) is 22.5. The van der Waals surface area contributed by atoms with E-state index in [4.69, 9.17) is 21.7 Å². The maximum Gasteiger partial charge on any atom is 0.131 e. The molecule has 0 aliphatic heterocycles. The summed E-state index contributed by atoms with van der Waals surface area (Å²) in [6, 6.07) is 6.54. The molecule has 0 bridgehead atoms. The van der Waals surface area contributed by atoms with Crippen LogP contribution < -0.4 is 5.32 Å². The van der Waals surface area contributed by atoms with Gasteiger partial charge in [-0.2, -0.15) is 0 Å². The molecule has 0 saturated heterocycles. The number of anilines is 1. The maximum atomic E-state index is 9.14. The molecule has 2 N–H and O–H groups in total. The van der Waals surface area contributed by atoms with E-state index >= 15 is 0 Å². The van der Waals surface area contributed by atoms with Gasteiger partial charge in [-0.3, -0.25) is 0 Å². The highest BCUT2D eigenvalue weighted by molar-refractivity contribution is 7.20. The Morgan fingerprint density at radius 2 is 2.16 bits per heavy atom. The van der Waals surface area contributed by atoms with Crippen LogP contribution in [0.1, 0.15) is 46.9 Å². The van der Waals surface area contributed by atoms with E-state index in [1.165, 1.54) is 9.75 Å². The van der Waals surface area contributed by atoms with Gasteiger partial charge in [0.25, 0.3) is 0 Å². The number of allylic oxidation sites excluding steroid dienone is 1. The average Bonchev–Trinajstić information content (AvgIpc) is 3.43. The fourth-order valence-electron chi connectivity index (χ4n) is 4.13. The van der Waals surface area contributed by atoms with Gasteiger partial charge >= 0.3 is 0 Å². The van der Waals surface area contributed by atoms with Crippen LogP contribution in [0.5, 0.6) is 0 Å². The van der Waals surface area contributed by atoms with Crippen molar-refractivity contribution in [3.8, 4) is 11.8 Å². The molecule has 168 valence electrons. The zero-order valence-corrected chi connectivity index (χ0v) is 20.8. The van der Waals surface area contributed by atoms with Gasteiger partial charge in [0.15, 0.2) is 0 Å². The predicted octanol–water partition coefficient (Wildman–Crippen LogP) is 6.11. The Morgan fingerprint density at radius 1 is 1.31 bits per heavy atom. The van der Waals surface area contributed by atoms with E-state index < -0.39 is 0 Å². The van der Waals surface area contributed by atoms with Gasteiger partial charge < -0.3 is 15.3 Å². The molecule has 3 heterocycles. The molecular weight excluding hydrogens is 458 g/mol. The number of pyridine rings is 1. The van der Waals surface area contributed by atoms with E-state index in [1.54, 1.807) is 22.7 Å². The number of hydrogen-bond donors (Lipinski definition) is 2. The summed E-state index contributed by atoms with van der Waals surface area (Å²) in [5, 5.41) is 15.3. The van der Waals surface area contributed by atoms with Crippen LogP contribution in [0.2, 0.25) is 5.15 Å². The minimum absolute atomic E-state index is 0.156. The van der Waals surface area contributed by atoms with Crippen molar-refractivity contribution in [1.29, 1.82) is 0 Å². The molecule has 0 spiro atoms. The lowest BCUT2D eigenvalue weighted by Gasteiger charge is -2.33. The average molecular weight is 486 g/mol. The molecule has 0 saturated carbocycles. The third-order valence-corrected chi connectivity index (χ3v) is 8.16. The molecule has 1 aliphatic rings. The van der Waals surface area contributed by atoms with Gasteiger partial charge in [0.1, 0.15) is 10.7 Å². The summed E-state index contributed by atoms with van der Waals surface area (Å²) in [5.74, 6) is 7.03. The molecule has 0 fully saturated rings. The van der Waals surface area contributed by atoms with E-state index in [-0.39, 0.29) is 6.61 Å². The molecule has 4 nitrogen and oxygen atoms in total. The van der Waals surface area contributed by atoms with Crippen molar-refractivity contribution in [3.05, 3.63) is 56.2 Å². The van der Waals surface area contributed by atoms with Crippen LogP contribution in [-0.4, -0.2) is 41.7 Å². The molecule has 1 aliphatic carbocycles. The van der Waals surface area contributed by atoms with Gasteiger partial charge in [0.05, 0.1) is 16.0 Å². The van der Waals surface area contributed by atoms with E-state index in [0.29, 0.717) is 30.0 Å². The van der Waals surface area contributed by atoms with Crippen LogP contribution >= 0.6 is 34.3 Å². The lowest BCUT2D eigenvalue weighted by atomic mass is 9.85. The van der Waals surface area contributed by atoms with E-state index in [1.807, 2.05) is 6.07 Å². The van der Waals surface area contributed by atoms with Gasteiger partial charge in [0.2, 0.25) is 0 Å². The number of nitrogens with one attached hydrogen (secondary N) is 1. The summed E-state index contributed by atoms with van der Waals surface area (Å²) in [4.78, 5) is 9.60. The SMILES string of the molecule is CN(C)[C@@H]1CC=CC[C@H]1c1sc2c(NCc3cccs3)cc(Cl)nc2c1C#CCCCO. The van der Waals surface area contributed by atoms with Crippen molar-refractivity contribution >= 4 is 50.2 Å². The van der Waals surface area contributed by atoms with Gasteiger partial charge in [-0.05, 0) is 44.8 Å². The largest absolute Gasteiger partial charge is 0.396 e. The number of thiophene rings is 2. The second-order valence-electron chi connectivity index (χ2n) is 8.15. The maximum absolute atomic E-state index is 9.14. The van der Waals surface area contributed by atoms with E-state index in [0.717, 1.165) is 40.9 Å². The minimum atomic E-state index is 0.156. The molecular formula is C25H28ClN3OS2. The third-order valence-electron chi connectivity index (χ3n) is 5.74. The lowest BCUT2D eigenvalue weighted by Crippen LogP contribution is -2.34. The first-order valence-corrected chi connectivity index (χ1v) is 13.0. The summed E-state index contributed by atoms with van der Waals surface area (Å²) in [6.45, 7) is 0.910. The topological polar surface area (TPSA) is 48.4 Å². The van der Waals surface area contributed by atoms with Gasteiger partial charge in [-0.15, -0.1) is 22.7 Å². The lowest BCUT2D eigenvalue weighted by molar-refractivity contribution is 0.249. The molecule has 0 aromatic carbocycles. The fraction of sp³-hybridized carbons (Fsp3) is 0.400. The molecule has 2 atom stereocenters. The van der Waals surface area contributed by atoms with Crippen molar-refractivity contribution in [2.45, 2.75) is 44.2 Å². The smallest absolute Gasteiger partial charge is 0.131 e.